The molecule has 1 radical (unpaired) electrons. The number of ether oxygens (including phenoxy) is 1. The summed E-state index contributed by atoms with van der Waals surface area (Å²) in [6.45, 7) is 3.85. The van der Waals surface area contributed by atoms with Crippen LogP contribution in [0.1, 0.15) is 25.3 Å². The van der Waals surface area contributed by atoms with Crippen molar-refractivity contribution >= 4 is 23.2 Å². The van der Waals surface area contributed by atoms with E-state index in [1.54, 1.807) is 25.2 Å². The summed E-state index contributed by atoms with van der Waals surface area (Å²) in [5.41, 5.74) is 0.467. The van der Waals surface area contributed by atoms with Crippen LogP contribution < -0.4 is 10.3 Å². The molecule has 1 aromatic heterocycles. The molecule has 0 amide bonds. The molecule has 2 rings (SSSR count). The normalized spacial score (nSPS) is 10.9. The highest BCUT2D eigenvalue weighted by Crippen LogP contribution is 2.35. The number of hydrogen-bond donors (Lipinski definition) is 0. The van der Waals surface area contributed by atoms with Crippen LogP contribution in [0.3, 0.4) is 0 Å². The zero-order valence-electron chi connectivity index (χ0n) is 11.3. The number of aromatic nitrogens is 2. The van der Waals surface area contributed by atoms with E-state index in [4.69, 9.17) is 27.9 Å². The van der Waals surface area contributed by atoms with Gasteiger partial charge in [-0.15, -0.1) is 5.10 Å². The van der Waals surface area contributed by atoms with Crippen molar-refractivity contribution in [1.29, 1.82) is 0 Å². The lowest BCUT2D eigenvalue weighted by Crippen LogP contribution is -2.24. The van der Waals surface area contributed by atoms with Crippen LogP contribution in [0.25, 0.3) is 0 Å². The molecule has 6 heteroatoms. The summed E-state index contributed by atoms with van der Waals surface area (Å²) in [7, 11) is 1.57. The second kappa shape index (κ2) is 5.85. The van der Waals surface area contributed by atoms with E-state index < -0.39 is 0 Å². The van der Waals surface area contributed by atoms with Gasteiger partial charge in [0.05, 0.1) is 10.0 Å². The predicted molar refractivity (Wildman–Crippen MR) is 78.9 cm³/mol. The van der Waals surface area contributed by atoms with Crippen LogP contribution in [0.15, 0.2) is 23.0 Å². The van der Waals surface area contributed by atoms with E-state index in [0.29, 0.717) is 10.6 Å². The van der Waals surface area contributed by atoms with Crippen molar-refractivity contribution in [2.24, 2.45) is 7.05 Å². The highest BCUT2D eigenvalue weighted by molar-refractivity contribution is 6.37. The van der Waals surface area contributed by atoms with E-state index in [1.165, 1.54) is 4.68 Å². The molecule has 0 spiro atoms. The molecule has 0 N–H and O–H groups in total. The Kier molecular flexibility index (Phi) is 4.35. The summed E-state index contributed by atoms with van der Waals surface area (Å²) in [6, 6.07) is 7.61. The van der Waals surface area contributed by atoms with Crippen molar-refractivity contribution in [1.82, 2.24) is 9.78 Å². The minimum Gasteiger partial charge on any atom is -0.434 e. The minimum absolute atomic E-state index is 0.0623. The number of halogens is 2. The van der Waals surface area contributed by atoms with E-state index >= 15 is 0 Å². The average Bonchev–Trinajstić information content (AvgIpc) is 2.37. The van der Waals surface area contributed by atoms with Gasteiger partial charge in [-0.2, -0.15) is 0 Å². The molecule has 2 aromatic rings. The Morgan fingerprint density at radius 2 is 2.10 bits per heavy atom. The quantitative estimate of drug-likeness (QED) is 0.866. The van der Waals surface area contributed by atoms with Crippen LogP contribution in [0, 0.1) is 6.07 Å². The maximum absolute atomic E-state index is 11.9. The van der Waals surface area contributed by atoms with Gasteiger partial charge in [-0.3, -0.25) is 4.79 Å². The van der Waals surface area contributed by atoms with E-state index in [0.717, 1.165) is 0 Å². The molecular formula is C14H13Cl2N2O2. The fourth-order valence-electron chi connectivity index (χ4n) is 1.70. The molecule has 0 fully saturated rings. The number of aryl methyl sites for hydroxylation is 1. The zero-order chi connectivity index (χ0) is 14.9. The number of rotatable bonds is 3. The van der Waals surface area contributed by atoms with Crippen molar-refractivity contribution in [3.8, 4) is 11.6 Å². The van der Waals surface area contributed by atoms with E-state index in [2.05, 4.69) is 11.2 Å². The largest absolute Gasteiger partial charge is 0.434 e. The Labute approximate surface area is 126 Å². The van der Waals surface area contributed by atoms with Gasteiger partial charge in [-0.1, -0.05) is 43.1 Å². The van der Waals surface area contributed by atoms with Crippen LogP contribution in [-0.2, 0) is 7.05 Å². The molecular weight excluding hydrogens is 299 g/mol. The molecule has 1 aromatic carbocycles. The van der Waals surface area contributed by atoms with Gasteiger partial charge in [0.2, 0.25) is 5.88 Å². The molecule has 0 aliphatic carbocycles. The Balaban J connectivity index is 2.47. The molecule has 20 heavy (non-hydrogen) atoms. The van der Waals surface area contributed by atoms with Crippen LogP contribution >= 0.6 is 23.2 Å². The van der Waals surface area contributed by atoms with Crippen LogP contribution in [-0.4, -0.2) is 9.78 Å². The Morgan fingerprint density at radius 3 is 2.70 bits per heavy atom. The van der Waals surface area contributed by atoms with Crippen LogP contribution in [0.5, 0.6) is 11.6 Å². The minimum atomic E-state index is -0.149. The van der Waals surface area contributed by atoms with Gasteiger partial charge < -0.3 is 4.74 Å². The third kappa shape index (κ3) is 2.97. The highest BCUT2D eigenvalue weighted by atomic mass is 35.5. The fourth-order valence-corrected chi connectivity index (χ4v) is 2.15. The molecule has 0 bridgehead atoms. The second-order valence-electron chi connectivity index (χ2n) is 4.59. The van der Waals surface area contributed by atoms with Crippen molar-refractivity contribution in [3.63, 3.8) is 0 Å². The summed E-state index contributed by atoms with van der Waals surface area (Å²) in [6.07, 6.45) is 0. The zero-order valence-corrected chi connectivity index (χ0v) is 12.8. The van der Waals surface area contributed by atoms with Crippen molar-refractivity contribution in [2.45, 2.75) is 19.8 Å². The van der Waals surface area contributed by atoms with Crippen molar-refractivity contribution in [3.05, 3.63) is 50.2 Å². The molecule has 0 atom stereocenters. The van der Waals surface area contributed by atoms with E-state index in [9.17, 15) is 4.79 Å². The molecule has 0 unspecified atom stereocenters. The van der Waals surface area contributed by atoms with Gasteiger partial charge in [-0.25, -0.2) is 4.68 Å². The topological polar surface area (TPSA) is 44.1 Å². The SMILES string of the molecule is CC(C)c1cc(Oc2c(Cl)[c]ccc2Cl)nn(C)c1=O. The predicted octanol–water partition coefficient (Wildman–Crippen LogP) is 3.80. The van der Waals surface area contributed by atoms with Crippen LogP contribution in [0.2, 0.25) is 10.0 Å². The van der Waals surface area contributed by atoms with Gasteiger partial charge in [0.25, 0.3) is 5.56 Å². The summed E-state index contributed by atoms with van der Waals surface area (Å²) in [4.78, 5) is 11.9. The molecule has 4 nitrogen and oxygen atoms in total. The van der Waals surface area contributed by atoms with E-state index in [1.807, 2.05) is 13.8 Å². The summed E-state index contributed by atoms with van der Waals surface area (Å²) in [5.74, 6) is 0.600. The Hall–Kier alpha value is -1.52. The maximum atomic E-state index is 11.9. The first kappa shape index (κ1) is 14.9. The standard InChI is InChI=1S/C14H13Cl2N2O2/c1-8(2)9-7-12(17-18(3)14(9)19)20-13-10(15)5-4-6-11(13)16/h4-5,7-8H,1-3H3. The lowest BCUT2D eigenvalue weighted by molar-refractivity contribution is 0.437. The molecule has 0 saturated heterocycles. The number of benzene rings is 1. The van der Waals surface area contributed by atoms with Gasteiger partial charge in [0.15, 0.2) is 5.75 Å². The Morgan fingerprint density at radius 1 is 1.40 bits per heavy atom. The first-order valence-electron chi connectivity index (χ1n) is 6.02. The van der Waals surface area contributed by atoms with Gasteiger partial charge in [-0.05, 0) is 12.0 Å². The first-order valence-corrected chi connectivity index (χ1v) is 6.77. The lowest BCUT2D eigenvalue weighted by atomic mass is 10.1. The summed E-state index contributed by atoms with van der Waals surface area (Å²) >= 11 is 12.0. The first-order chi connectivity index (χ1) is 9.40. The number of hydrogen-bond acceptors (Lipinski definition) is 3. The van der Waals surface area contributed by atoms with Crippen molar-refractivity contribution in [2.75, 3.05) is 0 Å². The average molecular weight is 312 g/mol. The fraction of sp³-hybridized carbons (Fsp3) is 0.286. The molecule has 0 saturated carbocycles. The monoisotopic (exact) mass is 311 g/mol. The lowest BCUT2D eigenvalue weighted by Gasteiger charge is -2.12. The highest BCUT2D eigenvalue weighted by Gasteiger charge is 2.14. The maximum Gasteiger partial charge on any atom is 0.270 e. The second-order valence-corrected chi connectivity index (χ2v) is 5.38. The summed E-state index contributed by atoms with van der Waals surface area (Å²) < 4.78 is 6.84. The van der Waals surface area contributed by atoms with Gasteiger partial charge in [0, 0.05) is 24.7 Å². The smallest absolute Gasteiger partial charge is 0.270 e. The summed E-state index contributed by atoms with van der Waals surface area (Å²) in [5, 5.41) is 4.66. The Bertz CT molecular complexity index is 676. The molecule has 0 aliphatic rings. The molecule has 1 heterocycles. The number of nitrogens with zero attached hydrogens (tertiary/aromatic N) is 2. The molecule has 0 aliphatic heterocycles. The van der Waals surface area contributed by atoms with Gasteiger partial charge >= 0.3 is 0 Å². The van der Waals surface area contributed by atoms with Crippen molar-refractivity contribution < 1.29 is 4.74 Å². The molecule has 105 valence electrons. The third-order valence-electron chi connectivity index (χ3n) is 2.75. The third-order valence-corrected chi connectivity index (χ3v) is 3.33. The van der Waals surface area contributed by atoms with Gasteiger partial charge in [0.1, 0.15) is 0 Å². The van der Waals surface area contributed by atoms with Crippen LogP contribution in [0.4, 0.5) is 0 Å². The van der Waals surface area contributed by atoms with E-state index in [-0.39, 0.29) is 28.1 Å².